The Labute approximate surface area is 80.1 Å². The van der Waals surface area contributed by atoms with Gasteiger partial charge in [-0.25, -0.2) is 8.42 Å². The van der Waals surface area contributed by atoms with Crippen LogP contribution in [0.2, 0.25) is 0 Å². The van der Waals surface area contributed by atoms with Gasteiger partial charge in [0.05, 0.1) is 11.4 Å². The molecule has 1 N–H and O–H groups in total. The molecule has 2 unspecified atom stereocenters. The van der Waals surface area contributed by atoms with Crippen molar-refractivity contribution in [1.29, 1.82) is 0 Å². The number of aliphatic hydroxyl groups is 1. The second kappa shape index (κ2) is 4.42. The summed E-state index contributed by atoms with van der Waals surface area (Å²) in [6.07, 6.45) is 5.93. The summed E-state index contributed by atoms with van der Waals surface area (Å²) in [7, 11) is -3.06. The van der Waals surface area contributed by atoms with Gasteiger partial charge in [-0.05, 0) is 12.8 Å². The van der Waals surface area contributed by atoms with E-state index in [1.54, 1.807) is 0 Å². The summed E-state index contributed by atoms with van der Waals surface area (Å²) in [4.78, 5) is 0. The third-order valence-corrected chi connectivity index (χ3v) is 4.37. The molecule has 0 spiro atoms. The molecule has 4 heteroatoms. The van der Waals surface area contributed by atoms with Crippen LogP contribution < -0.4 is 0 Å². The van der Waals surface area contributed by atoms with Crippen molar-refractivity contribution in [3.63, 3.8) is 0 Å². The molecule has 1 rings (SSSR count). The molecule has 1 fully saturated rings. The van der Waals surface area contributed by atoms with E-state index in [2.05, 4.69) is 0 Å². The highest BCUT2D eigenvalue weighted by Gasteiger charge is 2.28. The van der Waals surface area contributed by atoms with Gasteiger partial charge in [0.25, 0.3) is 0 Å². The topological polar surface area (TPSA) is 54.4 Å². The van der Waals surface area contributed by atoms with E-state index in [-0.39, 0.29) is 0 Å². The molecular formula is C9H18O3S. The summed E-state index contributed by atoms with van der Waals surface area (Å²) in [5, 5.41) is 9.11. The van der Waals surface area contributed by atoms with Gasteiger partial charge in [0.2, 0.25) is 0 Å². The van der Waals surface area contributed by atoms with E-state index in [0.29, 0.717) is 12.8 Å². The smallest absolute Gasteiger partial charge is 0.152 e. The van der Waals surface area contributed by atoms with Gasteiger partial charge < -0.3 is 5.11 Å². The van der Waals surface area contributed by atoms with E-state index in [9.17, 15) is 13.5 Å². The van der Waals surface area contributed by atoms with Crippen LogP contribution in [-0.2, 0) is 9.84 Å². The molecule has 0 aromatic heterocycles. The van der Waals surface area contributed by atoms with Crippen molar-refractivity contribution in [1.82, 2.24) is 0 Å². The Morgan fingerprint density at radius 2 is 1.62 bits per heavy atom. The van der Waals surface area contributed by atoms with Crippen molar-refractivity contribution in [2.45, 2.75) is 49.9 Å². The van der Waals surface area contributed by atoms with Gasteiger partial charge in [-0.15, -0.1) is 0 Å². The first kappa shape index (κ1) is 11.0. The predicted octanol–water partition coefficient (Wildman–Crippen LogP) is 1.11. The van der Waals surface area contributed by atoms with Crippen LogP contribution in [0.15, 0.2) is 0 Å². The van der Waals surface area contributed by atoms with Crippen molar-refractivity contribution in [3.8, 4) is 0 Å². The minimum Gasteiger partial charge on any atom is -0.392 e. The minimum atomic E-state index is -3.06. The maximum Gasteiger partial charge on any atom is 0.152 e. The highest BCUT2D eigenvalue weighted by molar-refractivity contribution is 7.91. The van der Waals surface area contributed by atoms with Crippen LogP contribution in [0.5, 0.6) is 0 Å². The standard InChI is InChI=1S/C9H18O3S/c1-13(11,12)9-7-5-3-2-4-6-8(9)10/h8-10H,2-7H2,1H3. The van der Waals surface area contributed by atoms with Crippen LogP contribution >= 0.6 is 0 Å². The summed E-state index contributed by atoms with van der Waals surface area (Å²) in [6.45, 7) is 0. The van der Waals surface area contributed by atoms with E-state index < -0.39 is 21.2 Å². The average Bonchev–Trinajstić information content (AvgIpc) is 1.94. The lowest BCUT2D eigenvalue weighted by atomic mass is 9.98. The van der Waals surface area contributed by atoms with Gasteiger partial charge in [-0.1, -0.05) is 25.7 Å². The Balaban J connectivity index is 2.67. The van der Waals surface area contributed by atoms with Crippen molar-refractivity contribution < 1.29 is 13.5 Å². The van der Waals surface area contributed by atoms with E-state index in [1.807, 2.05) is 0 Å². The number of hydrogen-bond acceptors (Lipinski definition) is 3. The van der Waals surface area contributed by atoms with Crippen LogP contribution in [0.3, 0.4) is 0 Å². The largest absolute Gasteiger partial charge is 0.392 e. The zero-order valence-corrected chi connectivity index (χ0v) is 8.89. The summed E-state index contributed by atoms with van der Waals surface area (Å²) in [5.41, 5.74) is 0. The third-order valence-electron chi connectivity index (χ3n) is 2.72. The fraction of sp³-hybridized carbons (Fsp3) is 1.00. The number of hydrogen-bond donors (Lipinski definition) is 1. The second-order valence-electron chi connectivity index (χ2n) is 3.93. The molecular weight excluding hydrogens is 188 g/mol. The molecule has 0 aromatic rings. The lowest BCUT2D eigenvalue weighted by molar-refractivity contribution is 0.144. The molecule has 0 heterocycles. The molecule has 0 radical (unpaired) electrons. The van der Waals surface area contributed by atoms with E-state index >= 15 is 0 Å². The van der Waals surface area contributed by atoms with E-state index in [1.165, 1.54) is 6.26 Å². The summed E-state index contributed by atoms with van der Waals surface area (Å²) >= 11 is 0. The third kappa shape index (κ3) is 3.27. The molecule has 0 aliphatic heterocycles. The van der Waals surface area contributed by atoms with Crippen LogP contribution in [-0.4, -0.2) is 31.1 Å². The Kier molecular flexibility index (Phi) is 3.74. The molecule has 13 heavy (non-hydrogen) atoms. The van der Waals surface area contributed by atoms with Crippen molar-refractivity contribution in [2.24, 2.45) is 0 Å². The van der Waals surface area contributed by atoms with E-state index in [4.69, 9.17) is 0 Å². The fourth-order valence-electron chi connectivity index (χ4n) is 1.93. The second-order valence-corrected chi connectivity index (χ2v) is 6.19. The molecule has 0 amide bonds. The maximum absolute atomic E-state index is 11.3. The molecule has 0 aromatic carbocycles. The molecule has 1 aliphatic carbocycles. The summed E-state index contributed by atoms with van der Waals surface area (Å²) < 4.78 is 22.6. The Hall–Kier alpha value is -0.0900. The quantitative estimate of drug-likeness (QED) is 0.699. The molecule has 3 nitrogen and oxygen atoms in total. The Morgan fingerprint density at radius 1 is 1.08 bits per heavy atom. The van der Waals surface area contributed by atoms with Crippen LogP contribution in [0.1, 0.15) is 38.5 Å². The zero-order valence-electron chi connectivity index (χ0n) is 8.07. The lowest BCUT2D eigenvalue weighted by Crippen LogP contribution is -2.34. The van der Waals surface area contributed by atoms with Crippen molar-refractivity contribution in [2.75, 3.05) is 6.26 Å². The molecule has 0 saturated heterocycles. The SMILES string of the molecule is CS(=O)(=O)C1CCCCCCC1O. The normalized spacial score (nSPS) is 32.2. The first-order valence-electron chi connectivity index (χ1n) is 4.89. The monoisotopic (exact) mass is 206 g/mol. The predicted molar refractivity (Wildman–Crippen MR) is 52.3 cm³/mol. The van der Waals surface area contributed by atoms with Crippen molar-refractivity contribution >= 4 is 9.84 Å². The number of aliphatic hydroxyl groups excluding tert-OH is 1. The highest BCUT2D eigenvalue weighted by Crippen LogP contribution is 2.22. The molecule has 78 valence electrons. The minimum absolute atomic E-state index is 0.521. The van der Waals surface area contributed by atoms with Gasteiger partial charge in [-0.3, -0.25) is 0 Å². The maximum atomic E-state index is 11.3. The Bertz CT molecular complexity index is 246. The van der Waals surface area contributed by atoms with Crippen LogP contribution in [0.4, 0.5) is 0 Å². The van der Waals surface area contributed by atoms with Gasteiger partial charge in [0.1, 0.15) is 0 Å². The molecule has 1 saturated carbocycles. The van der Waals surface area contributed by atoms with Crippen LogP contribution in [0, 0.1) is 0 Å². The zero-order chi connectivity index (χ0) is 9.90. The van der Waals surface area contributed by atoms with Gasteiger partial charge in [0, 0.05) is 6.26 Å². The fourth-order valence-corrected chi connectivity index (χ4v) is 3.23. The van der Waals surface area contributed by atoms with Crippen molar-refractivity contribution in [3.05, 3.63) is 0 Å². The molecule has 0 bridgehead atoms. The molecule has 1 aliphatic rings. The van der Waals surface area contributed by atoms with Crippen LogP contribution in [0.25, 0.3) is 0 Å². The first-order valence-corrected chi connectivity index (χ1v) is 6.84. The Morgan fingerprint density at radius 3 is 2.15 bits per heavy atom. The number of rotatable bonds is 1. The number of sulfone groups is 1. The summed E-state index contributed by atoms with van der Waals surface area (Å²) in [5.74, 6) is 0. The van der Waals surface area contributed by atoms with E-state index in [0.717, 1.165) is 25.7 Å². The first-order chi connectivity index (χ1) is 6.02. The average molecular weight is 206 g/mol. The van der Waals surface area contributed by atoms with Gasteiger partial charge in [-0.2, -0.15) is 0 Å². The summed E-state index contributed by atoms with van der Waals surface area (Å²) in [6, 6.07) is 0. The lowest BCUT2D eigenvalue weighted by Gasteiger charge is -2.23. The molecule has 2 atom stereocenters. The van der Waals surface area contributed by atoms with Gasteiger partial charge >= 0.3 is 0 Å². The van der Waals surface area contributed by atoms with Gasteiger partial charge in [0.15, 0.2) is 9.84 Å². The highest BCUT2D eigenvalue weighted by atomic mass is 32.2.